The molecular weight excluding hydrogens is 392 g/mol. The number of sulfonamides is 1. The van der Waals surface area contributed by atoms with E-state index in [-0.39, 0.29) is 24.5 Å². The molecule has 1 aliphatic carbocycles. The van der Waals surface area contributed by atoms with Gasteiger partial charge in [0.15, 0.2) is 5.96 Å². The SMILES string of the molecule is CCNC(=NCCS(=O)(=O)NCC1CCC1)N1CCC(OCC2CCCO2)CC1. The Hall–Kier alpha value is -0.900. The molecule has 0 bridgehead atoms. The van der Waals surface area contributed by atoms with Crippen molar-refractivity contribution in [3.05, 3.63) is 0 Å². The number of nitrogens with one attached hydrogen (secondary N) is 2. The minimum Gasteiger partial charge on any atom is -0.376 e. The molecule has 0 radical (unpaired) electrons. The number of aliphatic imine (C=N–C) groups is 1. The van der Waals surface area contributed by atoms with Gasteiger partial charge in [-0.15, -0.1) is 0 Å². The molecule has 2 saturated heterocycles. The van der Waals surface area contributed by atoms with E-state index in [4.69, 9.17) is 9.47 Å². The van der Waals surface area contributed by atoms with Gasteiger partial charge in [0.25, 0.3) is 0 Å². The fourth-order valence-corrected chi connectivity index (χ4v) is 4.93. The topological polar surface area (TPSA) is 92.3 Å². The molecule has 1 unspecified atom stereocenters. The van der Waals surface area contributed by atoms with Crippen LogP contribution in [0.5, 0.6) is 0 Å². The summed E-state index contributed by atoms with van der Waals surface area (Å²) in [7, 11) is -3.25. The molecule has 9 heteroatoms. The monoisotopic (exact) mass is 430 g/mol. The number of likely N-dealkylation sites (tertiary alicyclic amines) is 1. The average Bonchev–Trinajstić information content (AvgIpc) is 3.18. The molecule has 0 spiro atoms. The first-order valence-electron chi connectivity index (χ1n) is 11.3. The van der Waals surface area contributed by atoms with Crippen molar-refractivity contribution >= 4 is 16.0 Å². The summed E-state index contributed by atoms with van der Waals surface area (Å²) in [6.45, 7) is 6.95. The molecule has 29 heavy (non-hydrogen) atoms. The number of hydrogen-bond acceptors (Lipinski definition) is 5. The lowest BCUT2D eigenvalue weighted by Crippen LogP contribution is -2.47. The smallest absolute Gasteiger partial charge is 0.213 e. The van der Waals surface area contributed by atoms with Gasteiger partial charge < -0.3 is 19.7 Å². The van der Waals surface area contributed by atoms with Crippen molar-refractivity contribution in [2.24, 2.45) is 10.9 Å². The molecule has 0 aromatic carbocycles. The van der Waals surface area contributed by atoms with E-state index in [1.165, 1.54) is 6.42 Å². The Morgan fingerprint density at radius 3 is 2.59 bits per heavy atom. The highest BCUT2D eigenvalue weighted by Crippen LogP contribution is 2.25. The van der Waals surface area contributed by atoms with Crippen LogP contribution < -0.4 is 10.0 Å². The Kier molecular flexibility index (Phi) is 9.02. The highest BCUT2D eigenvalue weighted by molar-refractivity contribution is 7.89. The number of nitrogens with zero attached hydrogens (tertiary/aromatic N) is 2. The summed E-state index contributed by atoms with van der Waals surface area (Å²) >= 11 is 0. The normalized spacial score (nSPS) is 24.7. The summed E-state index contributed by atoms with van der Waals surface area (Å²) in [4.78, 5) is 6.78. The fourth-order valence-electron chi connectivity index (χ4n) is 3.96. The highest BCUT2D eigenvalue weighted by atomic mass is 32.2. The molecule has 1 atom stereocenters. The van der Waals surface area contributed by atoms with Crippen LogP contribution in [0.3, 0.4) is 0 Å². The molecule has 2 aliphatic heterocycles. The van der Waals surface area contributed by atoms with Crippen LogP contribution in [-0.2, 0) is 19.5 Å². The summed E-state index contributed by atoms with van der Waals surface area (Å²) in [6.07, 6.45) is 8.20. The number of ether oxygens (including phenoxy) is 2. The summed E-state index contributed by atoms with van der Waals surface area (Å²) in [5, 5.41) is 3.30. The van der Waals surface area contributed by atoms with Gasteiger partial charge in [0.2, 0.25) is 10.0 Å². The lowest BCUT2D eigenvalue weighted by molar-refractivity contribution is -0.0367. The second kappa shape index (κ2) is 11.5. The van der Waals surface area contributed by atoms with Crippen LogP contribution in [0.2, 0.25) is 0 Å². The lowest BCUT2D eigenvalue weighted by atomic mass is 9.86. The Balaban J connectivity index is 1.39. The molecule has 0 aromatic heterocycles. The van der Waals surface area contributed by atoms with Gasteiger partial charge in [-0.05, 0) is 51.4 Å². The van der Waals surface area contributed by atoms with E-state index in [9.17, 15) is 8.42 Å². The molecular formula is C20H38N4O4S. The molecule has 8 nitrogen and oxygen atoms in total. The Bertz CT molecular complexity index is 610. The summed E-state index contributed by atoms with van der Waals surface area (Å²) in [5.41, 5.74) is 0. The first kappa shape index (κ1) is 22.8. The maximum Gasteiger partial charge on any atom is 0.213 e. The number of rotatable bonds is 10. The van der Waals surface area contributed by atoms with Crippen molar-refractivity contribution < 1.29 is 17.9 Å². The zero-order chi connectivity index (χ0) is 20.5. The maximum atomic E-state index is 12.2. The third kappa shape index (κ3) is 7.70. The van der Waals surface area contributed by atoms with Gasteiger partial charge in [-0.3, -0.25) is 4.99 Å². The fraction of sp³-hybridized carbons (Fsp3) is 0.950. The van der Waals surface area contributed by atoms with E-state index in [2.05, 4.69) is 19.9 Å². The van der Waals surface area contributed by atoms with Crippen molar-refractivity contribution in [2.75, 3.05) is 51.7 Å². The van der Waals surface area contributed by atoms with E-state index in [0.29, 0.717) is 19.1 Å². The summed E-state index contributed by atoms with van der Waals surface area (Å²) < 4.78 is 38.7. The zero-order valence-electron chi connectivity index (χ0n) is 17.8. The molecule has 3 rings (SSSR count). The third-order valence-electron chi connectivity index (χ3n) is 6.06. The Labute approximate surface area is 175 Å². The third-order valence-corrected chi connectivity index (χ3v) is 7.38. The first-order valence-corrected chi connectivity index (χ1v) is 12.9. The second-order valence-electron chi connectivity index (χ2n) is 8.35. The van der Waals surface area contributed by atoms with Crippen molar-refractivity contribution in [3.63, 3.8) is 0 Å². The van der Waals surface area contributed by atoms with E-state index in [1.54, 1.807) is 0 Å². The molecule has 0 aromatic rings. The van der Waals surface area contributed by atoms with Crippen LogP contribution in [-0.4, -0.2) is 83.2 Å². The highest BCUT2D eigenvalue weighted by Gasteiger charge is 2.24. The van der Waals surface area contributed by atoms with Gasteiger partial charge in [0, 0.05) is 32.8 Å². The summed E-state index contributed by atoms with van der Waals surface area (Å²) in [6, 6.07) is 0. The predicted octanol–water partition coefficient (Wildman–Crippen LogP) is 1.33. The van der Waals surface area contributed by atoms with Crippen molar-refractivity contribution in [3.8, 4) is 0 Å². The van der Waals surface area contributed by atoms with Crippen molar-refractivity contribution in [2.45, 2.75) is 64.1 Å². The average molecular weight is 431 g/mol. The molecule has 0 amide bonds. The molecule has 3 fully saturated rings. The van der Waals surface area contributed by atoms with Gasteiger partial charge in [-0.25, -0.2) is 13.1 Å². The largest absolute Gasteiger partial charge is 0.376 e. The van der Waals surface area contributed by atoms with E-state index in [1.807, 2.05) is 6.92 Å². The van der Waals surface area contributed by atoms with E-state index >= 15 is 0 Å². The second-order valence-corrected chi connectivity index (χ2v) is 10.3. The van der Waals surface area contributed by atoms with Crippen LogP contribution in [0.25, 0.3) is 0 Å². The molecule has 168 valence electrons. The standard InChI is InChI=1S/C20H38N4O4S/c1-2-21-20(22-10-14-29(25,26)23-15-17-5-3-6-17)24-11-8-18(9-12-24)28-16-19-7-4-13-27-19/h17-19,23H,2-16H2,1H3,(H,21,22). The number of guanidine groups is 1. The molecule has 2 heterocycles. The van der Waals surface area contributed by atoms with Crippen LogP contribution in [0.15, 0.2) is 4.99 Å². The van der Waals surface area contributed by atoms with Crippen molar-refractivity contribution in [1.29, 1.82) is 0 Å². The van der Waals surface area contributed by atoms with E-state index in [0.717, 1.165) is 70.7 Å². The number of piperidine rings is 1. The van der Waals surface area contributed by atoms with E-state index < -0.39 is 10.0 Å². The minimum absolute atomic E-state index is 0.0373. The van der Waals surface area contributed by atoms with Gasteiger partial charge >= 0.3 is 0 Å². The quantitative estimate of drug-likeness (QED) is 0.401. The maximum absolute atomic E-state index is 12.2. The molecule has 3 aliphatic rings. The molecule has 2 N–H and O–H groups in total. The van der Waals surface area contributed by atoms with Gasteiger partial charge in [0.1, 0.15) is 0 Å². The van der Waals surface area contributed by atoms with Crippen LogP contribution in [0, 0.1) is 5.92 Å². The van der Waals surface area contributed by atoms with Gasteiger partial charge in [-0.2, -0.15) is 0 Å². The van der Waals surface area contributed by atoms with Gasteiger partial charge in [-0.1, -0.05) is 6.42 Å². The van der Waals surface area contributed by atoms with Crippen molar-refractivity contribution in [1.82, 2.24) is 14.9 Å². The first-order chi connectivity index (χ1) is 14.1. The summed E-state index contributed by atoms with van der Waals surface area (Å²) in [5.74, 6) is 1.36. The predicted molar refractivity (Wildman–Crippen MR) is 115 cm³/mol. The van der Waals surface area contributed by atoms with Gasteiger partial charge in [0.05, 0.1) is 31.1 Å². The van der Waals surface area contributed by atoms with Crippen LogP contribution in [0.1, 0.15) is 51.9 Å². The van der Waals surface area contributed by atoms with Crippen LogP contribution in [0.4, 0.5) is 0 Å². The minimum atomic E-state index is -3.25. The zero-order valence-corrected chi connectivity index (χ0v) is 18.6. The molecule has 1 saturated carbocycles. The number of hydrogen-bond donors (Lipinski definition) is 2. The Morgan fingerprint density at radius 1 is 1.17 bits per heavy atom. The lowest BCUT2D eigenvalue weighted by Gasteiger charge is -2.34. The Morgan fingerprint density at radius 2 is 1.97 bits per heavy atom. The van der Waals surface area contributed by atoms with Crippen LogP contribution >= 0.6 is 0 Å².